The van der Waals surface area contributed by atoms with Crippen molar-refractivity contribution in [2.24, 2.45) is 0 Å². The van der Waals surface area contributed by atoms with Gasteiger partial charge in [-0.05, 0) is 24.3 Å². The molecular weight excluding hydrogens is 362 g/mol. The van der Waals surface area contributed by atoms with E-state index in [1.807, 2.05) is 0 Å². The first-order chi connectivity index (χ1) is 12.5. The Bertz CT molecular complexity index is 743. The van der Waals surface area contributed by atoms with E-state index in [4.69, 9.17) is 9.57 Å². The number of carbonyl (C=O) groups excluding carboxylic acids is 2. The average molecular weight is 383 g/mol. The van der Waals surface area contributed by atoms with Crippen molar-refractivity contribution in [2.75, 3.05) is 44.4 Å². The average Bonchev–Trinajstić information content (AvgIpc) is 2.98. The molecule has 2 amide bonds. The Morgan fingerprint density at radius 2 is 1.65 bits per heavy atom. The van der Waals surface area contributed by atoms with E-state index in [2.05, 4.69) is 9.79 Å². The van der Waals surface area contributed by atoms with Crippen LogP contribution < -0.4 is 9.79 Å². The number of rotatable bonds is 7. The summed E-state index contributed by atoms with van der Waals surface area (Å²) in [7, 11) is -3.83. The maximum Gasteiger partial charge on any atom is 0.262 e. The highest BCUT2D eigenvalue weighted by atomic mass is 32.2. The number of morpholine rings is 1. The second-order valence-corrected chi connectivity index (χ2v) is 7.65. The van der Waals surface area contributed by atoms with Crippen LogP contribution in [0.25, 0.3) is 0 Å². The quantitative estimate of drug-likeness (QED) is 0.398. The van der Waals surface area contributed by atoms with E-state index < -0.39 is 10.0 Å². The van der Waals surface area contributed by atoms with Gasteiger partial charge in [-0.2, -0.15) is 0 Å². The Morgan fingerprint density at radius 1 is 1.04 bits per heavy atom. The van der Waals surface area contributed by atoms with Gasteiger partial charge in [0.1, 0.15) is 0 Å². The molecule has 9 nitrogen and oxygen atoms in total. The molecule has 2 aliphatic heterocycles. The van der Waals surface area contributed by atoms with Crippen LogP contribution in [0.15, 0.2) is 29.2 Å². The van der Waals surface area contributed by atoms with Crippen LogP contribution in [-0.4, -0.2) is 64.6 Å². The molecule has 0 unspecified atom stereocenters. The number of nitrogens with zero attached hydrogens (tertiary/aromatic N) is 2. The van der Waals surface area contributed by atoms with Crippen LogP contribution in [0.4, 0.5) is 5.69 Å². The zero-order valence-corrected chi connectivity index (χ0v) is 15.0. The Kier molecular flexibility index (Phi) is 5.99. The molecule has 1 aromatic carbocycles. The predicted octanol–water partition coefficient (Wildman–Crippen LogP) is -0.118. The van der Waals surface area contributed by atoms with Crippen LogP contribution >= 0.6 is 0 Å². The van der Waals surface area contributed by atoms with Crippen molar-refractivity contribution in [3.05, 3.63) is 24.3 Å². The molecule has 0 atom stereocenters. The molecular formula is C16H21N3O6S. The first-order valence-electron chi connectivity index (χ1n) is 8.37. The maximum absolute atomic E-state index is 12.2. The first-order valence-corrected chi connectivity index (χ1v) is 9.85. The molecule has 0 spiro atoms. The summed E-state index contributed by atoms with van der Waals surface area (Å²) in [4.78, 5) is 33.8. The lowest BCUT2D eigenvalue weighted by atomic mass is 10.3. The largest absolute Gasteiger partial charge is 0.379 e. The third-order valence-electron chi connectivity index (χ3n) is 4.24. The molecule has 2 heterocycles. The molecule has 26 heavy (non-hydrogen) atoms. The van der Waals surface area contributed by atoms with Gasteiger partial charge < -0.3 is 4.74 Å². The van der Waals surface area contributed by atoms with Crippen molar-refractivity contribution in [1.82, 2.24) is 9.79 Å². The molecule has 10 heteroatoms. The maximum atomic E-state index is 12.2. The lowest BCUT2D eigenvalue weighted by Gasteiger charge is -2.26. The van der Waals surface area contributed by atoms with Gasteiger partial charge in [-0.15, -0.1) is 0 Å². The molecule has 0 aliphatic carbocycles. The van der Waals surface area contributed by atoms with Crippen LogP contribution in [0.3, 0.4) is 0 Å². The molecule has 0 saturated carbocycles. The summed E-state index contributed by atoms with van der Waals surface area (Å²) in [6, 6.07) is 5.54. The van der Waals surface area contributed by atoms with Gasteiger partial charge in [-0.3, -0.25) is 24.2 Å². The van der Waals surface area contributed by atoms with Crippen molar-refractivity contribution in [1.29, 1.82) is 0 Å². The standard InChI is InChI=1S/C16H21N3O6S/c20-15-5-6-16(21)19(15)13-1-3-14(4-2-13)26(22,23)17-25-12-9-18-7-10-24-11-8-18/h1-4,17H,5-12H2. The van der Waals surface area contributed by atoms with E-state index in [-0.39, 0.29) is 36.2 Å². The van der Waals surface area contributed by atoms with E-state index in [0.29, 0.717) is 25.4 Å². The fourth-order valence-electron chi connectivity index (χ4n) is 2.81. The van der Waals surface area contributed by atoms with Crippen molar-refractivity contribution >= 4 is 27.5 Å². The van der Waals surface area contributed by atoms with E-state index in [0.717, 1.165) is 18.0 Å². The minimum atomic E-state index is -3.83. The Morgan fingerprint density at radius 3 is 2.27 bits per heavy atom. The minimum Gasteiger partial charge on any atom is -0.379 e. The number of anilines is 1. The summed E-state index contributed by atoms with van der Waals surface area (Å²) >= 11 is 0. The lowest BCUT2D eigenvalue weighted by molar-refractivity contribution is -0.121. The van der Waals surface area contributed by atoms with Crippen molar-refractivity contribution in [3.8, 4) is 0 Å². The second kappa shape index (κ2) is 8.23. The summed E-state index contributed by atoms with van der Waals surface area (Å²) in [6.45, 7) is 3.75. The zero-order valence-electron chi connectivity index (χ0n) is 14.2. The number of nitrogens with one attached hydrogen (secondary N) is 1. The Hall–Kier alpha value is -1.85. The molecule has 0 radical (unpaired) electrons. The number of amides is 2. The first kappa shape index (κ1) is 18.9. The lowest BCUT2D eigenvalue weighted by Crippen LogP contribution is -2.39. The third-order valence-corrected chi connectivity index (χ3v) is 5.47. The molecule has 3 rings (SSSR count). The molecule has 0 aromatic heterocycles. The van der Waals surface area contributed by atoms with Gasteiger partial charge in [0, 0.05) is 32.5 Å². The van der Waals surface area contributed by atoms with Gasteiger partial charge in [0.2, 0.25) is 11.8 Å². The molecule has 2 saturated heterocycles. The van der Waals surface area contributed by atoms with Gasteiger partial charge in [0.15, 0.2) is 0 Å². The molecule has 0 bridgehead atoms. The van der Waals surface area contributed by atoms with E-state index in [1.54, 1.807) is 0 Å². The number of imide groups is 1. The number of sulfonamides is 1. The zero-order chi connectivity index (χ0) is 18.6. The van der Waals surface area contributed by atoms with Crippen LogP contribution in [0, 0.1) is 0 Å². The van der Waals surface area contributed by atoms with Gasteiger partial charge in [-0.1, -0.05) is 4.89 Å². The molecule has 1 aromatic rings. The predicted molar refractivity (Wildman–Crippen MR) is 91.7 cm³/mol. The number of benzene rings is 1. The van der Waals surface area contributed by atoms with Gasteiger partial charge >= 0.3 is 0 Å². The number of hydrogen-bond acceptors (Lipinski definition) is 7. The normalized spacial score (nSPS) is 19.3. The molecule has 2 fully saturated rings. The second-order valence-electron chi connectivity index (χ2n) is 6.01. The van der Waals surface area contributed by atoms with Crippen LogP contribution in [0.1, 0.15) is 12.8 Å². The topological polar surface area (TPSA) is 105 Å². The minimum absolute atomic E-state index is 0.00767. The molecule has 1 N–H and O–H groups in total. The SMILES string of the molecule is O=C1CCC(=O)N1c1ccc(S(=O)(=O)NOCCN2CCOCC2)cc1. The Balaban J connectivity index is 1.53. The molecule has 2 aliphatic rings. The summed E-state index contributed by atoms with van der Waals surface area (Å²) in [5.74, 6) is -0.564. The number of ether oxygens (including phenoxy) is 1. The van der Waals surface area contributed by atoms with Crippen molar-refractivity contribution in [3.63, 3.8) is 0 Å². The van der Waals surface area contributed by atoms with E-state index in [1.165, 1.54) is 24.3 Å². The van der Waals surface area contributed by atoms with Gasteiger partial charge in [0.25, 0.3) is 10.0 Å². The summed E-state index contributed by atoms with van der Waals surface area (Å²) in [6.07, 6.45) is 0.356. The Labute approximate surface area is 151 Å². The summed E-state index contributed by atoms with van der Waals surface area (Å²) in [5.41, 5.74) is 0.365. The van der Waals surface area contributed by atoms with Crippen LogP contribution in [0.2, 0.25) is 0 Å². The van der Waals surface area contributed by atoms with Crippen LogP contribution in [0.5, 0.6) is 0 Å². The molecule has 142 valence electrons. The fourth-order valence-corrected chi connectivity index (χ4v) is 3.63. The number of hydrogen-bond donors (Lipinski definition) is 1. The van der Waals surface area contributed by atoms with E-state index in [9.17, 15) is 18.0 Å². The van der Waals surface area contributed by atoms with Crippen LogP contribution in [-0.2, 0) is 29.2 Å². The van der Waals surface area contributed by atoms with Crippen molar-refractivity contribution in [2.45, 2.75) is 17.7 Å². The smallest absolute Gasteiger partial charge is 0.262 e. The fraction of sp³-hybridized carbons (Fsp3) is 0.500. The van der Waals surface area contributed by atoms with Gasteiger partial charge in [-0.25, -0.2) is 8.42 Å². The summed E-state index contributed by atoms with van der Waals surface area (Å²) in [5, 5.41) is 0. The highest BCUT2D eigenvalue weighted by Crippen LogP contribution is 2.23. The highest BCUT2D eigenvalue weighted by molar-refractivity contribution is 7.89. The summed E-state index contributed by atoms with van der Waals surface area (Å²) < 4.78 is 29.7. The monoisotopic (exact) mass is 383 g/mol. The van der Waals surface area contributed by atoms with E-state index >= 15 is 0 Å². The highest BCUT2D eigenvalue weighted by Gasteiger charge is 2.30. The third kappa shape index (κ3) is 4.46. The number of carbonyl (C=O) groups is 2. The van der Waals surface area contributed by atoms with Gasteiger partial charge in [0.05, 0.1) is 30.4 Å². The van der Waals surface area contributed by atoms with Crippen molar-refractivity contribution < 1.29 is 27.6 Å².